The van der Waals surface area contributed by atoms with E-state index in [4.69, 9.17) is 5.11 Å². The van der Waals surface area contributed by atoms with Gasteiger partial charge in [0.25, 0.3) is 5.91 Å². The van der Waals surface area contributed by atoms with Crippen molar-refractivity contribution in [3.63, 3.8) is 0 Å². The Hall–Kier alpha value is -2.32. The zero-order valence-corrected chi connectivity index (χ0v) is 11.3. The van der Waals surface area contributed by atoms with Gasteiger partial charge in [-0.1, -0.05) is 24.0 Å². The van der Waals surface area contributed by atoms with Gasteiger partial charge in [0.2, 0.25) is 0 Å². The van der Waals surface area contributed by atoms with Gasteiger partial charge in [-0.3, -0.25) is 9.59 Å². The molecule has 106 valence electrons. The molecule has 0 saturated heterocycles. The number of ether oxygens (including phenoxy) is 1. The Kier molecular flexibility index (Phi) is 6.87. The van der Waals surface area contributed by atoms with Gasteiger partial charge in [0.1, 0.15) is 0 Å². The molecule has 0 aliphatic rings. The first-order valence-corrected chi connectivity index (χ1v) is 6.22. The maximum atomic E-state index is 12.0. The summed E-state index contributed by atoms with van der Waals surface area (Å²) in [6, 6.07) is 6.93. The highest BCUT2D eigenvalue weighted by Gasteiger charge is 2.09. The van der Waals surface area contributed by atoms with E-state index in [2.05, 4.69) is 21.9 Å². The van der Waals surface area contributed by atoms with Crippen LogP contribution in [0.4, 0.5) is 0 Å². The number of nitrogens with one attached hydrogen (secondary N) is 1. The smallest absolute Gasteiger partial charge is 0.307 e. The van der Waals surface area contributed by atoms with Gasteiger partial charge in [-0.05, 0) is 12.1 Å². The van der Waals surface area contributed by atoms with Crippen molar-refractivity contribution in [2.75, 3.05) is 20.3 Å². The van der Waals surface area contributed by atoms with E-state index < -0.39 is 0 Å². The normalized spacial score (nSPS) is 9.30. The molecule has 0 heterocycles. The van der Waals surface area contributed by atoms with Crippen LogP contribution < -0.4 is 5.32 Å². The van der Waals surface area contributed by atoms with E-state index in [9.17, 15) is 9.59 Å². The second kappa shape index (κ2) is 8.73. The first kappa shape index (κ1) is 15.7. The van der Waals surface area contributed by atoms with E-state index in [0.717, 1.165) is 0 Å². The fraction of sp³-hybridized carbons (Fsp3) is 0.333. The molecule has 0 saturated carbocycles. The zero-order valence-electron chi connectivity index (χ0n) is 11.3. The summed E-state index contributed by atoms with van der Waals surface area (Å²) < 4.78 is 4.49. The lowest BCUT2D eigenvalue weighted by molar-refractivity contribution is -0.140. The lowest BCUT2D eigenvalue weighted by Crippen LogP contribution is -2.27. The maximum Gasteiger partial charge on any atom is 0.307 e. The molecule has 1 rings (SSSR count). The second-order valence-corrected chi connectivity index (χ2v) is 3.90. The minimum Gasteiger partial charge on any atom is -0.469 e. The number of carbonyl (C=O) groups excluding carboxylic acids is 2. The van der Waals surface area contributed by atoms with Crippen LogP contribution in [0.25, 0.3) is 0 Å². The molecular weight excluding hydrogens is 258 g/mol. The molecule has 2 N–H and O–H groups in total. The number of benzene rings is 1. The molecule has 0 radical (unpaired) electrons. The van der Waals surface area contributed by atoms with E-state index in [-0.39, 0.29) is 31.4 Å². The average Bonchev–Trinajstić information content (AvgIpc) is 2.47. The molecule has 0 atom stereocenters. The number of amides is 1. The monoisotopic (exact) mass is 275 g/mol. The van der Waals surface area contributed by atoms with Crippen molar-refractivity contribution in [3.8, 4) is 11.8 Å². The van der Waals surface area contributed by atoms with Crippen molar-refractivity contribution in [1.82, 2.24) is 5.32 Å². The van der Waals surface area contributed by atoms with Crippen molar-refractivity contribution in [2.45, 2.75) is 12.8 Å². The Morgan fingerprint density at radius 2 is 2.10 bits per heavy atom. The minimum absolute atomic E-state index is 0.0134. The highest BCUT2D eigenvalue weighted by Crippen LogP contribution is 2.07. The van der Waals surface area contributed by atoms with Crippen LogP contribution in [0.1, 0.15) is 28.8 Å². The van der Waals surface area contributed by atoms with Crippen LogP contribution in [0.2, 0.25) is 0 Å². The maximum absolute atomic E-state index is 12.0. The van der Waals surface area contributed by atoms with Gasteiger partial charge in [0.05, 0.1) is 25.7 Å². The molecule has 0 spiro atoms. The summed E-state index contributed by atoms with van der Waals surface area (Å²) in [5, 5.41) is 11.3. The molecule has 0 bridgehead atoms. The Morgan fingerprint density at radius 1 is 1.35 bits per heavy atom. The first-order chi connectivity index (χ1) is 9.69. The van der Waals surface area contributed by atoms with Crippen LogP contribution >= 0.6 is 0 Å². The van der Waals surface area contributed by atoms with E-state index >= 15 is 0 Å². The van der Waals surface area contributed by atoms with Crippen LogP contribution in [0, 0.1) is 11.8 Å². The van der Waals surface area contributed by atoms with Gasteiger partial charge in [-0.15, -0.1) is 0 Å². The summed E-state index contributed by atoms with van der Waals surface area (Å²) in [4.78, 5) is 22.9. The van der Waals surface area contributed by atoms with Crippen molar-refractivity contribution in [2.24, 2.45) is 0 Å². The molecule has 0 unspecified atom stereocenters. The van der Waals surface area contributed by atoms with Gasteiger partial charge in [0, 0.05) is 18.5 Å². The molecule has 0 aliphatic carbocycles. The topological polar surface area (TPSA) is 75.6 Å². The van der Waals surface area contributed by atoms with Crippen LogP contribution in [0.5, 0.6) is 0 Å². The molecule has 0 fully saturated rings. The predicted molar refractivity (Wildman–Crippen MR) is 74.0 cm³/mol. The molecular formula is C15H17NO4. The van der Waals surface area contributed by atoms with E-state index in [1.807, 2.05) is 0 Å². The standard InChI is InChI=1S/C15H17NO4/c1-20-14(18)9-10-16-15(19)13-8-3-2-6-12(13)7-4-5-11-17/h2-3,6,8,17H,5,9-11H2,1H3,(H,16,19). The fourth-order valence-corrected chi connectivity index (χ4v) is 1.48. The van der Waals surface area contributed by atoms with Crippen LogP contribution in [0.3, 0.4) is 0 Å². The SMILES string of the molecule is COC(=O)CCNC(=O)c1ccccc1C#CCCO. The number of methoxy groups -OCH3 is 1. The van der Waals surface area contributed by atoms with Gasteiger partial charge < -0.3 is 15.2 Å². The van der Waals surface area contributed by atoms with Crippen LogP contribution in [-0.4, -0.2) is 37.2 Å². The minimum atomic E-state index is -0.374. The largest absolute Gasteiger partial charge is 0.469 e. The summed E-state index contributed by atoms with van der Waals surface area (Å²) in [6.45, 7) is 0.199. The highest BCUT2D eigenvalue weighted by atomic mass is 16.5. The summed E-state index contributed by atoms with van der Waals surface area (Å²) in [5.74, 6) is 4.96. The molecule has 5 nitrogen and oxygen atoms in total. The highest BCUT2D eigenvalue weighted by molar-refractivity contribution is 5.96. The Bertz CT molecular complexity index is 528. The number of aliphatic hydroxyl groups is 1. The number of carbonyl (C=O) groups is 2. The molecule has 1 aromatic carbocycles. The molecule has 1 amide bonds. The quantitative estimate of drug-likeness (QED) is 0.613. The van der Waals surface area contributed by atoms with Gasteiger partial charge >= 0.3 is 5.97 Å². The zero-order chi connectivity index (χ0) is 14.8. The molecule has 0 aliphatic heterocycles. The third-order valence-electron chi connectivity index (χ3n) is 2.47. The second-order valence-electron chi connectivity index (χ2n) is 3.90. The average molecular weight is 275 g/mol. The van der Waals surface area contributed by atoms with E-state index in [1.165, 1.54) is 7.11 Å². The lowest BCUT2D eigenvalue weighted by Gasteiger charge is -2.06. The van der Waals surface area contributed by atoms with Crippen molar-refractivity contribution < 1.29 is 19.4 Å². The first-order valence-electron chi connectivity index (χ1n) is 6.22. The third kappa shape index (κ3) is 5.12. The fourth-order valence-electron chi connectivity index (χ4n) is 1.48. The Labute approximate surface area is 117 Å². The van der Waals surface area contributed by atoms with Crippen molar-refractivity contribution in [1.29, 1.82) is 0 Å². The van der Waals surface area contributed by atoms with Crippen LogP contribution in [-0.2, 0) is 9.53 Å². The number of esters is 1. The number of hydrogen-bond donors (Lipinski definition) is 2. The summed E-state index contributed by atoms with van der Waals surface area (Å²) in [5.41, 5.74) is 1.04. The van der Waals surface area contributed by atoms with Crippen molar-refractivity contribution >= 4 is 11.9 Å². The predicted octanol–water partition coefficient (Wildman–Crippen LogP) is 0.713. The third-order valence-corrected chi connectivity index (χ3v) is 2.47. The van der Waals surface area contributed by atoms with E-state index in [0.29, 0.717) is 17.5 Å². The number of rotatable bonds is 5. The summed E-state index contributed by atoms with van der Waals surface area (Å²) in [7, 11) is 1.30. The van der Waals surface area contributed by atoms with Gasteiger partial charge in [-0.25, -0.2) is 0 Å². The molecule has 5 heteroatoms. The lowest BCUT2D eigenvalue weighted by atomic mass is 10.1. The molecule has 1 aromatic rings. The van der Waals surface area contributed by atoms with Gasteiger partial charge in [-0.2, -0.15) is 0 Å². The number of aliphatic hydroxyl groups excluding tert-OH is 1. The molecule has 20 heavy (non-hydrogen) atoms. The number of hydrogen-bond acceptors (Lipinski definition) is 4. The molecule has 0 aromatic heterocycles. The summed E-state index contributed by atoms with van der Waals surface area (Å²) >= 11 is 0. The Morgan fingerprint density at radius 3 is 2.80 bits per heavy atom. The van der Waals surface area contributed by atoms with E-state index in [1.54, 1.807) is 24.3 Å². The summed E-state index contributed by atoms with van der Waals surface area (Å²) in [6.07, 6.45) is 0.485. The van der Waals surface area contributed by atoms with Crippen LogP contribution in [0.15, 0.2) is 24.3 Å². The Balaban J connectivity index is 2.68. The van der Waals surface area contributed by atoms with Crippen molar-refractivity contribution in [3.05, 3.63) is 35.4 Å². The van der Waals surface area contributed by atoms with Gasteiger partial charge in [0.15, 0.2) is 0 Å².